The molecule has 0 saturated carbocycles. The van der Waals surface area contributed by atoms with Crippen LogP contribution in [0, 0.1) is 0 Å². The van der Waals surface area contributed by atoms with Crippen LogP contribution in [0.25, 0.3) is 0 Å². The molecule has 2 N–H and O–H groups in total. The first-order valence-corrected chi connectivity index (χ1v) is 7.89. The minimum absolute atomic E-state index is 0.147. The zero-order valence-electron chi connectivity index (χ0n) is 11.2. The number of hydrogen-bond acceptors (Lipinski definition) is 3. The van der Waals surface area contributed by atoms with Gasteiger partial charge in [0.25, 0.3) is 0 Å². The molecule has 0 aliphatic heterocycles. The molecule has 0 heterocycles. The van der Waals surface area contributed by atoms with E-state index in [1.807, 2.05) is 37.3 Å². The zero-order chi connectivity index (χ0) is 14.3. The van der Waals surface area contributed by atoms with Crippen molar-refractivity contribution in [3.8, 4) is 0 Å². The van der Waals surface area contributed by atoms with Crippen molar-refractivity contribution >= 4 is 15.9 Å². The second kappa shape index (κ2) is 7.25. The molecule has 1 aromatic carbocycles. The molecule has 5 nitrogen and oxygen atoms in total. The average molecular weight is 284 g/mol. The fraction of sp³-hybridized carbons (Fsp3) is 0.462. The van der Waals surface area contributed by atoms with Gasteiger partial charge in [-0.05, 0) is 19.0 Å². The van der Waals surface area contributed by atoms with Crippen molar-refractivity contribution in [1.82, 2.24) is 10.0 Å². The molecule has 0 radical (unpaired) electrons. The molecule has 1 amide bonds. The van der Waals surface area contributed by atoms with Crippen LogP contribution in [-0.2, 0) is 14.8 Å². The monoisotopic (exact) mass is 284 g/mol. The van der Waals surface area contributed by atoms with Gasteiger partial charge in [0.15, 0.2) is 0 Å². The van der Waals surface area contributed by atoms with E-state index in [1.54, 1.807) is 0 Å². The normalized spacial score (nSPS) is 12.9. The highest BCUT2D eigenvalue weighted by atomic mass is 32.2. The lowest BCUT2D eigenvalue weighted by atomic mass is 10.0. The molecule has 1 aromatic rings. The highest BCUT2D eigenvalue weighted by molar-refractivity contribution is 7.90. The molecular weight excluding hydrogens is 264 g/mol. The van der Waals surface area contributed by atoms with Crippen molar-refractivity contribution in [2.45, 2.75) is 25.8 Å². The average Bonchev–Trinajstić information content (AvgIpc) is 2.38. The first-order chi connectivity index (χ1) is 8.98. The highest BCUT2D eigenvalue weighted by Crippen LogP contribution is 2.17. The van der Waals surface area contributed by atoms with Gasteiger partial charge in [-0.25, -0.2) is 13.1 Å². The van der Waals surface area contributed by atoms with Gasteiger partial charge in [0.05, 0.1) is 6.04 Å². The van der Waals surface area contributed by atoms with Crippen LogP contribution in [0.2, 0.25) is 0 Å². The molecule has 1 rings (SSSR count). The van der Waals surface area contributed by atoms with Gasteiger partial charge in [-0.3, -0.25) is 4.79 Å². The van der Waals surface area contributed by atoms with E-state index in [0.29, 0.717) is 0 Å². The summed E-state index contributed by atoms with van der Waals surface area (Å²) < 4.78 is 24.8. The second-order valence-electron chi connectivity index (χ2n) is 4.28. The minimum atomic E-state index is -3.52. The molecule has 0 spiro atoms. The molecule has 0 saturated heterocycles. The summed E-state index contributed by atoms with van der Waals surface area (Å²) in [4.78, 5) is 11.7. The Morgan fingerprint density at radius 1 is 1.26 bits per heavy atom. The molecule has 106 valence electrons. The Morgan fingerprint density at radius 3 is 2.42 bits per heavy atom. The molecule has 0 bridgehead atoms. The maximum absolute atomic E-state index is 11.7. The topological polar surface area (TPSA) is 75.3 Å². The van der Waals surface area contributed by atoms with Gasteiger partial charge in [0, 0.05) is 0 Å². The largest absolute Gasteiger partial charge is 0.348 e. The van der Waals surface area contributed by atoms with Crippen LogP contribution in [0.5, 0.6) is 0 Å². The van der Waals surface area contributed by atoms with Crippen molar-refractivity contribution < 1.29 is 13.2 Å². The van der Waals surface area contributed by atoms with Crippen LogP contribution >= 0.6 is 0 Å². The molecule has 19 heavy (non-hydrogen) atoms. The van der Waals surface area contributed by atoms with E-state index in [4.69, 9.17) is 0 Å². The number of benzene rings is 1. The van der Waals surface area contributed by atoms with Gasteiger partial charge < -0.3 is 5.32 Å². The van der Waals surface area contributed by atoms with Crippen LogP contribution < -0.4 is 10.0 Å². The van der Waals surface area contributed by atoms with Crippen LogP contribution in [0.15, 0.2) is 30.3 Å². The van der Waals surface area contributed by atoms with Crippen LogP contribution in [0.4, 0.5) is 0 Å². The summed E-state index contributed by atoms with van der Waals surface area (Å²) in [7, 11) is -2.23. The summed E-state index contributed by atoms with van der Waals surface area (Å²) in [5.41, 5.74) is 0.986. The Morgan fingerprint density at radius 2 is 1.89 bits per heavy atom. The predicted molar refractivity (Wildman–Crippen MR) is 75.1 cm³/mol. The van der Waals surface area contributed by atoms with Crippen molar-refractivity contribution in [2.75, 3.05) is 12.8 Å². The van der Waals surface area contributed by atoms with Crippen molar-refractivity contribution in [2.24, 2.45) is 0 Å². The fourth-order valence-corrected chi connectivity index (χ4v) is 2.35. The maximum atomic E-state index is 11.7. The lowest BCUT2D eigenvalue weighted by Gasteiger charge is -2.18. The molecule has 0 aliphatic carbocycles. The van der Waals surface area contributed by atoms with Gasteiger partial charge in [-0.15, -0.1) is 0 Å². The number of amides is 1. The third-order valence-corrected chi connectivity index (χ3v) is 4.01. The number of rotatable bonds is 7. The Labute approximate surface area is 114 Å². The van der Waals surface area contributed by atoms with Crippen molar-refractivity contribution in [3.05, 3.63) is 35.9 Å². The summed E-state index contributed by atoms with van der Waals surface area (Å²) in [5.74, 6) is -1.03. The number of sulfonamides is 1. The van der Waals surface area contributed by atoms with E-state index in [1.165, 1.54) is 7.05 Å². The first-order valence-electron chi connectivity index (χ1n) is 6.24. The molecule has 0 aromatic heterocycles. The molecule has 1 atom stereocenters. The first kappa shape index (κ1) is 15.7. The summed E-state index contributed by atoms with van der Waals surface area (Å²) in [5, 5.41) is 2.77. The maximum Gasteiger partial charge on any atom is 0.237 e. The zero-order valence-corrected chi connectivity index (χ0v) is 12.0. The van der Waals surface area contributed by atoms with E-state index in [0.717, 1.165) is 18.4 Å². The summed E-state index contributed by atoms with van der Waals surface area (Å²) in [6.45, 7) is 2.02. The molecule has 0 aliphatic rings. The predicted octanol–water partition coefficient (Wildman–Crippen LogP) is 1.19. The Bertz CT molecular complexity index is 500. The third-order valence-electron chi connectivity index (χ3n) is 2.75. The molecular formula is C13H20N2O3S. The number of carbonyl (C=O) groups excluding carboxylic acids is 1. The Hall–Kier alpha value is -1.40. The van der Waals surface area contributed by atoms with Crippen LogP contribution in [0.1, 0.15) is 31.4 Å². The summed E-state index contributed by atoms with van der Waals surface area (Å²) in [6.07, 6.45) is 1.67. The standard InChI is InChI=1S/C13H20N2O3S/c1-3-7-12(11-8-5-4-6-9-11)15-13(16)10-19(17,18)14-2/h4-6,8-9,12,14H,3,7,10H2,1-2H3,(H,15,16)/t12-/m0/s1. The highest BCUT2D eigenvalue weighted by Gasteiger charge is 2.18. The van der Waals surface area contributed by atoms with E-state index >= 15 is 0 Å². The van der Waals surface area contributed by atoms with Gasteiger partial charge in [0.1, 0.15) is 5.75 Å². The van der Waals surface area contributed by atoms with E-state index in [2.05, 4.69) is 10.0 Å². The minimum Gasteiger partial charge on any atom is -0.348 e. The number of carbonyl (C=O) groups is 1. The van der Waals surface area contributed by atoms with Crippen molar-refractivity contribution in [1.29, 1.82) is 0 Å². The SMILES string of the molecule is CCC[C@H](NC(=O)CS(=O)(=O)NC)c1ccccc1. The summed E-state index contributed by atoms with van der Waals surface area (Å²) in [6, 6.07) is 9.40. The molecule has 6 heteroatoms. The van der Waals surface area contributed by atoms with Gasteiger partial charge >= 0.3 is 0 Å². The number of hydrogen-bond donors (Lipinski definition) is 2. The van der Waals surface area contributed by atoms with Crippen molar-refractivity contribution in [3.63, 3.8) is 0 Å². The smallest absolute Gasteiger partial charge is 0.237 e. The Balaban J connectivity index is 2.72. The lowest BCUT2D eigenvalue weighted by molar-refractivity contribution is -0.119. The van der Waals surface area contributed by atoms with E-state index < -0.39 is 21.7 Å². The van der Waals surface area contributed by atoms with E-state index in [9.17, 15) is 13.2 Å². The van der Waals surface area contributed by atoms with Crippen LogP contribution in [0.3, 0.4) is 0 Å². The van der Waals surface area contributed by atoms with Crippen LogP contribution in [-0.4, -0.2) is 27.1 Å². The number of nitrogens with one attached hydrogen (secondary N) is 2. The Kier molecular flexibility index (Phi) is 5.98. The molecule has 0 unspecified atom stereocenters. The van der Waals surface area contributed by atoms with Gasteiger partial charge in [-0.2, -0.15) is 0 Å². The summed E-state index contributed by atoms with van der Waals surface area (Å²) >= 11 is 0. The molecule has 0 fully saturated rings. The quantitative estimate of drug-likeness (QED) is 0.790. The van der Waals surface area contributed by atoms with E-state index in [-0.39, 0.29) is 6.04 Å². The fourth-order valence-electron chi connectivity index (χ4n) is 1.78. The van der Waals surface area contributed by atoms with Gasteiger partial charge in [-0.1, -0.05) is 43.7 Å². The van der Waals surface area contributed by atoms with Gasteiger partial charge in [0.2, 0.25) is 15.9 Å². The second-order valence-corrected chi connectivity index (χ2v) is 6.21. The lowest BCUT2D eigenvalue weighted by Crippen LogP contribution is -2.36. The third kappa shape index (κ3) is 5.40.